The fourth-order valence-electron chi connectivity index (χ4n) is 2.48. The number of benzene rings is 1. The molecule has 2 aromatic heterocycles. The largest absolute Gasteiger partial charge is 0.477 e. The van der Waals surface area contributed by atoms with Crippen LogP contribution in [0.3, 0.4) is 0 Å². The fraction of sp³-hybridized carbons (Fsp3) is 0.188. The Morgan fingerprint density at radius 2 is 1.90 bits per heavy atom. The van der Waals surface area contributed by atoms with E-state index >= 15 is 0 Å². The number of hydrogen-bond acceptors (Lipinski definition) is 3. The molecule has 0 amide bonds. The number of fused-ring (bicyclic) bond motifs is 1. The van der Waals surface area contributed by atoms with Gasteiger partial charge in [0, 0.05) is 11.6 Å². The zero-order valence-electron chi connectivity index (χ0n) is 12.1. The first-order chi connectivity index (χ1) is 9.95. The van der Waals surface area contributed by atoms with E-state index in [1.165, 1.54) is 4.52 Å². The summed E-state index contributed by atoms with van der Waals surface area (Å²) in [6, 6.07) is 9.37. The highest BCUT2D eigenvalue weighted by molar-refractivity contribution is 5.88. The van der Waals surface area contributed by atoms with Crippen molar-refractivity contribution < 1.29 is 9.90 Å². The standard InChI is InChI=1S/C16H15N3O2/c1-9-4-5-12(10(2)6-9)13-8-14(16(20)21)19-15(17-13)7-11(3)18-19/h4-8H,1-3H3,(H,20,21). The number of carbonyl (C=O) groups is 1. The maximum Gasteiger partial charge on any atom is 0.354 e. The molecule has 5 nitrogen and oxygen atoms in total. The maximum atomic E-state index is 11.5. The van der Waals surface area contributed by atoms with Crippen molar-refractivity contribution >= 4 is 11.6 Å². The second-order valence-corrected chi connectivity index (χ2v) is 5.21. The summed E-state index contributed by atoms with van der Waals surface area (Å²) in [5.41, 5.74) is 5.21. The molecule has 3 rings (SSSR count). The number of carboxylic acid groups (broad SMARTS) is 1. The highest BCUT2D eigenvalue weighted by Gasteiger charge is 2.15. The van der Waals surface area contributed by atoms with Gasteiger partial charge in [-0.2, -0.15) is 5.10 Å². The quantitative estimate of drug-likeness (QED) is 0.784. The number of aryl methyl sites for hydroxylation is 3. The van der Waals surface area contributed by atoms with Gasteiger partial charge in [0.05, 0.1) is 11.4 Å². The van der Waals surface area contributed by atoms with Crippen LogP contribution >= 0.6 is 0 Å². The molecule has 0 aliphatic rings. The summed E-state index contributed by atoms with van der Waals surface area (Å²) >= 11 is 0. The minimum atomic E-state index is -1.02. The summed E-state index contributed by atoms with van der Waals surface area (Å²) in [6.07, 6.45) is 0. The zero-order chi connectivity index (χ0) is 15.1. The van der Waals surface area contributed by atoms with E-state index in [4.69, 9.17) is 0 Å². The molecule has 0 spiro atoms. The number of carboxylic acids is 1. The zero-order valence-corrected chi connectivity index (χ0v) is 12.1. The van der Waals surface area contributed by atoms with E-state index in [1.54, 1.807) is 12.1 Å². The van der Waals surface area contributed by atoms with E-state index in [0.717, 1.165) is 22.4 Å². The summed E-state index contributed by atoms with van der Waals surface area (Å²) in [7, 11) is 0. The SMILES string of the molecule is Cc1ccc(-c2cc(C(=O)O)n3nc(C)cc3n2)c(C)c1. The van der Waals surface area contributed by atoms with E-state index in [1.807, 2.05) is 32.9 Å². The topological polar surface area (TPSA) is 67.5 Å². The lowest BCUT2D eigenvalue weighted by Crippen LogP contribution is -2.08. The van der Waals surface area contributed by atoms with Gasteiger partial charge in [0.15, 0.2) is 11.3 Å². The summed E-state index contributed by atoms with van der Waals surface area (Å²) in [5.74, 6) is -1.02. The first-order valence-electron chi connectivity index (χ1n) is 6.64. The Kier molecular flexibility index (Phi) is 2.97. The lowest BCUT2D eigenvalue weighted by molar-refractivity contribution is 0.0687. The van der Waals surface area contributed by atoms with Crippen LogP contribution in [-0.4, -0.2) is 25.7 Å². The summed E-state index contributed by atoms with van der Waals surface area (Å²) in [4.78, 5) is 16.0. The second-order valence-electron chi connectivity index (χ2n) is 5.21. The lowest BCUT2D eigenvalue weighted by Gasteiger charge is -2.08. The van der Waals surface area contributed by atoms with E-state index in [-0.39, 0.29) is 5.69 Å². The summed E-state index contributed by atoms with van der Waals surface area (Å²) in [6.45, 7) is 5.84. The minimum Gasteiger partial charge on any atom is -0.477 e. The average molecular weight is 281 g/mol. The van der Waals surface area contributed by atoms with E-state index < -0.39 is 5.97 Å². The first-order valence-corrected chi connectivity index (χ1v) is 6.64. The second kappa shape index (κ2) is 4.70. The van der Waals surface area contributed by atoms with Crippen molar-refractivity contribution in [2.24, 2.45) is 0 Å². The third-order valence-electron chi connectivity index (χ3n) is 3.43. The molecule has 3 aromatic rings. The molecule has 0 atom stereocenters. The molecule has 21 heavy (non-hydrogen) atoms. The Morgan fingerprint density at radius 1 is 1.14 bits per heavy atom. The number of aromatic carboxylic acids is 1. The number of rotatable bonds is 2. The first kappa shape index (κ1) is 13.3. The van der Waals surface area contributed by atoms with Crippen LogP contribution < -0.4 is 0 Å². The maximum absolute atomic E-state index is 11.5. The van der Waals surface area contributed by atoms with Gasteiger partial charge in [-0.15, -0.1) is 0 Å². The number of hydrogen-bond donors (Lipinski definition) is 1. The van der Waals surface area contributed by atoms with E-state index in [2.05, 4.69) is 16.1 Å². The van der Waals surface area contributed by atoms with Crippen LogP contribution in [-0.2, 0) is 0 Å². The predicted octanol–water partition coefficient (Wildman–Crippen LogP) is 3.02. The lowest BCUT2D eigenvalue weighted by atomic mass is 10.0. The van der Waals surface area contributed by atoms with Gasteiger partial charge in [-0.05, 0) is 32.4 Å². The Hall–Kier alpha value is -2.69. The molecule has 1 N–H and O–H groups in total. The molecule has 0 aliphatic carbocycles. The van der Waals surface area contributed by atoms with Gasteiger partial charge in [0.25, 0.3) is 0 Å². The third kappa shape index (κ3) is 2.27. The molecule has 1 aromatic carbocycles. The molecule has 2 heterocycles. The van der Waals surface area contributed by atoms with Gasteiger partial charge in [-0.1, -0.05) is 23.8 Å². The van der Waals surface area contributed by atoms with Gasteiger partial charge < -0.3 is 5.11 Å². The van der Waals surface area contributed by atoms with Crippen molar-refractivity contribution in [1.82, 2.24) is 14.6 Å². The Morgan fingerprint density at radius 3 is 2.57 bits per heavy atom. The van der Waals surface area contributed by atoms with Crippen LogP contribution in [0.5, 0.6) is 0 Å². The molecule has 0 saturated heterocycles. The predicted molar refractivity (Wildman–Crippen MR) is 79.6 cm³/mol. The van der Waals surface area contributed by atoms with Gasteiger partial charge in [-0.3, -0.25) is 0 Å². The molecule has 106 valence electrons. The average Bonchev–Trinajstić information content (AvgIpc) is 2.77. The Balaban J connectivity index is 2.30. The third-order valence-corrected chi connectivity index (χ3v) is 3.43. The van der Waals surface area contributed by atoms with Gasteiger partial charge >= 0.3 is 5.97 Å². The highest BCUT2D eigenvalue weighted by Crippen LogP contribution is 2.24. The Bertz CT molecular complexity index is 865. The molecule has 5 heteroatoms. The van der Waals surface area contributed by atoms with Gasteiger partial charge in [-0.25, -0.2) is 14.3 Å². The van der Waals surface area contributed by atoms with Crippen molar-refractivity contribution in [1.29, 1.82) is 0 Å². The molecule has 0 radical (unpaired) electrons. The summed E-state index contributed by atoms with van der Waals surface area (Å²) in [5, 5.41) is 13.6. The van der Waals surface area contributed by atoms with Crippen molar-refractivity contribution in [2.75, 3.05) is 0 Å². The van der Waals surface area contributed by atoms with Crippen molar-refractivity contribution in [2.45, 2.75) is 20.8 Å². The molecule has 0 aliphatic heterocycles. The highest BCUT2D eigenvalue weighted by atomic mass is 16.4. The molecule has 0 unspecified atom stereocenters. The van der Waals surface area contributed by atoms with Gasteiger partial charge in [0.2, 0.25) is 0 Å². The van der Waals surface area contributed by atoms with Crippen LogP contribution in [0.1, 0.15) is 27.3 Å². The minimum absolute atomic E-state index is 0.114. The van der Waals surface area contributed by atoms with Crippen molar-refractivity contribution in [3.8, 4) is 11.3 Å². The summed E-state index contributed by atoms with van der Waals surface area (Å²) < 4.78 is 1.37. The van der Waals surface area contributed by atoms with E-state index in [9.17, 15) is 9.90 Å². The number of nitrogens with zero attached hydrogens (tertiary/aromatic N) is 3. The molecular weight excluding hydrogens is 266 g/mol. The molecule has 0 fully saturated rings. The monoisotopic (exact) mass is 281 g/mol. The van der Waals surface area contributed by atoms with Gasteiger partial charge in [0.1, 0.15) is 0 Å². The van der Waals surface area contributed by atoms with E-state index in [0.29, 0.717) is 11.3 Å². The normalized spacial score (nSPS) is 11.0. The fourth-order valence-corrected chi connectivity index (χ4v) is 2.48. The molecule has 0 saturated carbocycles. The number of aromatic nitrogens is 3. The molecule has 0 bridgehead atoms. The van der Waals surface area contributed by atoms with Crippen molar-refractivity contribution in [3.05, 3.63) is 52.8 Å². The van der Waals surface area contributed by atoms with Crippen LogP contribution in [0.2, 0.25) is 0 Å². The molecular formula is C16H15N3O2. The van der Waals surface area contributed by atoms with Crippen LogP contribution in [0.15, 0.2) is 30.3 Å². The smallest absolute Gasteiger partial charge is 0.354 e. The van der Waals surface area contributed by atoms with Crippen molar-refractivity contribution in [3.63, 3.8) is 0 Å². The Labute approximate surface area is 121 Å². The van der Waals surface area contributed by atoms with Crippen LogP contribution in [0, 0.1) is 20.8 Å². The van der Waals surface area contributed by atoms with Crippen LogP contribution in [0.4, 0.5) is 0 Å². The van der Waals surface area contributed by atoms with Crippen LogP contribution in [0.25, 0.3) is 16.9 Å².